The Morgan fingerprint density at radius 2 is 1.96 bits per heavy atom. The van der Waals surface area contributed by atoms with E-state index in [-0.39, 0.29) is 30.9 Å². The van der Waals surface area contributed by atoms with E-state index in [2.05, 4.69) is 27.3 Å². The number of benzene rings is 1. The molecular formula is C16H19Cl3N4. The van der Waals surface area contributed by atoms with Crippen LogP contribution in [0, 0.1) is 11.3 Å². The lowest BCUT2D eigenvalue weighted by molar-refractivity contribution is 0.175. The maximum absolute atomic E-state index is 9.18. The largest absolute Gasteiger partial charge is 0.314 e. The molecule has 2 aromatic rings. The molecule has 0 aliphatic carbocycles. The molecule has 124 valence electrons. The maximum Gasteiger partial charge on any atom is 0.134 e. The fourth-order valence-corrected chi connectivity index (χ4v) is 3.13. The minimum Gasteiger partial charge on any atom is -0.314 e. The highest BCUT2D eigenvalue weighted by molar-refractivity contribution is 6.30. The lowest BCUT2D eigenvalue weighted by Crippen LogP contribution is -2.45. The number of nitrogens with zero attached hydrogens (tertiary/aromatic N) is 3. The molecule has 2 heterocycles. The van der Waals surface area contributed by atoms with Gasteiger partial charge >= 0.3 is 0 Å². The number of hydrogen-bond donors (Lipinski definition) is 1. The van der Waals surface area contributed by atoms with E-state index in [0.717, 1.165) is 42.6 Å². The minimum absolute atomic E-state index is 0. The van der Waals surface area contributed by atoms with E-state index in [4.69, 9.17) is 11.6 Å². The highest BCUT2D eigenvalue weighted by Crippen LogP contribution is 2.31. The molecule has 1 atom stereocenters. The molecule has 0 amide bonds. The van der Waals surface area contributed by atoms with Crippen LogP contribution in [-0.2, 0) is 0 Å². The number of fused-ring (bicyclic) bond motifs is 1. The molecule has 0 unspecified atom stereocenters. The zero-order valence-electron chi connectivity index (χ0n) is 12.5. The van der Waals surface area contributed by atoms with Gasteiger partial charge in [0.1, 0.15) is 5.15 Å². The molecular weight excluding hydrogens is 355 g/mol. The predicted octanol–water partition coefficient (Wildman–Crippen LogP) is 3.59. The van der Waals surface area contributed by atoms with Crippen LogP contribution >= 0.6 is 36.4 Å². The van der Waals surface area contributed by atoms with Crippen LogP contribution in [-0.4, -0.2) is 36.1 Å². The van der Waals surface area contributed by atoms with Crippen molar-refractivity contribution in [3.63, 3.8) is 0 Å². The Bertz CT molecular complexity index is 681. The monoisotopic (exact) mass is 372 g/mol. The van der Waals surface area contributed by atoms with Crippen LogP contribution in [0.1, 0.15) is 18.0 Å². The summed E-state index contributed by atoms with van der Waals surface area (Å²) in [5, 5.41) is 14.1. The third-order valence-corrected chi connectivity index (χ3v) is 4.24. The molecule has 0 saturated carbocycles. The van der Waals surface area contributed by atoms with E-state index in [1.165, 1.54) is 0 Å². The fourth-order valence-electron chi connectivity index (χ4n) is 2.86. The summed E-state index contributed by atoms with van der Waals surface area (Å²) in [5.74, 6) is 0. The van der Waals surface area contributed by atoms with Crippen LogP contribution < -0.4 is 5.32 Å². The van der Waals surface area contributed by atoms with Crippen LogP contribution in [0.15, 0.2) is 30.3 Å². The van der Waals surface area contributed by atoms with Crippen molar-refractivity contribution in [1.82, 2.24) is 15.2 Å². The van der Waals surface area contributed by atoms with Crippen LogP contribution in [0.2, 0.25) is 5.15 Å². The molecule has 1 fully saturated rings. The molecule has 1 aromatic heterocycles. The summed E-state index contributed by atoms with van der Waals surface area (Å²) < 4.78 is 0. The summed E-state index contributed by atoms with van der Waals surface area (Å²) in [4.78, 5) is 6.80. The summed E-state index contributed by atoms with van der Waals surface area (Å²) in [6.45, 7) is 3.74. The number of rotatable bonds is 3. The maximum atomic E-state index is 9.18. The van der Waals surface area contributed by atoms with Crippen molar-refractivity contribution < 1.29 is 0 Å². The smallest absolute Gasteiger partial charge is 0.134 e. The molecule has 0 spiro atoms. The number of para-hydroxylation sites is 1. The van der Waals surface area contributed by atoms with E-state index in [1.54, 1.807) is 0 Å². The first-order valence-electron chi connectivity index (χ1n) is 7.16. The normalized spacial score (nSPS) is 16.0. The van der Waals surface area contributed by atoms with Crippen LogP contribution in [0.5, 0.6) is 0 Å². The average molecular weight is 374 g/mol. The van der Waals surface area contributed by atoms with Gasteiger partial charge in [0.2, 0.25) is 0 Å². The zero-order valence-corrected chi connectivity index (χ0v) is 14.9. The molecule has 1 aliphatic rings. The topological polar surface area (TPSA) is 52.0 Å². The first-order valence-corrected chi connectivity index (χ1v) is 7.54. The van der Waals surface area contributed by atoms with Crippen molar-refractivity contribution in [2.75, 3.05) is 26.2 Å². The summed E-state index contributed by atoms with van der Waals surface area (Å²) in [6, 6.07) is 12.3. The van der Waals surface area contributed by atoms with Crippen molar-refractivity contribution >= 4 is 47.3 Å². The highest BCUT2D eigenvalue weighted by atomic mass is 35.5. The van der Waals surface area contributed by atoms with Gasteiger partial charge in [0.15, 0.2) is 0 Å². The van der Waals surface area contributed by atoms with Gasteiger partial charge < -0.3 is 5.32 Å². The SMILES string of the molecule is Cl.Cl.N#CC[C@@H](c1cc2ccccc2nc1Cl)N1CCNCC1. The third-order valence-electron chi connectivity index (χ3n) is 3.94. The van der Waals surface area contributed by atoms with Gasteiger partial charge in [-0.25, -0.2) is 4.98 Å². The second-order valence-electron chi connectivity index (χ2n) is 5.23. The highest BCUT2D eigenvalue weighted by Gasteiger charge is 2.24. The summed E-state index contributed by atoms with van der Waals surface area (Å²) in [5.41, 5.74) is 1.85. The van der Waals surface area contributed by atoms with Gasteiger partial charge in [-0.2, -0.15) is 5.26 Å². The van der Waals surface area contributed by atoms with Crippen molar-refractivity contribution in [3.8, 4) is 6.07 Å². The number of pyridine rings is 1. The van der Waals surface area contributed by atoms with Gasteiger partial charge in [0.05, 0.1) is 24.0 Å². The van der Waals surface area contributed by atoms with E-state index in [9.17, 15) is 5.26 Å². The summed E-state index contributed by atoms with van der Waals surface area (Å²) in [6.07, 6.45) is 0.430. The summed E-state index contributed by atoms with van der Waals surface area (Å²) in [7, 11) is 0. The van der Waals surface area contributed by atoms with E-state index < -0.39 is 0 Å². The Balaban J connectivity index is 0.00000132. The van der Waals surface area contributed by atoms with Gasteiger partial charge in [-0.1, -0.05) is 29.8 Å². The molecule has 0 bridgehead atoms. The molecule has 4 nitrogen and oxygen atoms in total. The Hall–Kier alpha value is -1.09. The van der Waals surface area contributed by atoms with E-state index in [0.29, 0.717) is 11.6 Å². The van der Waals surface area contributed by atoms with Gasteiger partial charge in [-0.05, 0) is 12.1 Å². The van der Waals surface area contributed by atoms with Gasteiger partial charge in [0, 0.05) is 37.1 Å². The fraction of sp³-hybridized carbons (Fsp3) is 0.375. The molecule has 1 saturated heterocycles. The first kappa shape index (κ1) is 20.0. The van der Waals surface area contributed by atoms with Crippen molar-refractivity contribution in [3.05, 3.63) is 41.0 Å². The number of piperazine rings is 1. The van der Waals surface area contributed by atoms with Crippen molar-refractivity contribution in [2.45, 2.75) is 12.5 Å². The quantitative estimate of drug-likeness (QED) is 0.835. The Morgan fingerprint density at radius 3 is 2.65 bits per heavy atom. The lowest BCUT2D eigenvalue weighted by Gasteiger charge is -2.34. The van der Waals surface area contributed by atoms with Crippen LogP contribution in [0.4, 0.5) is 0 Å². The summed E-state index contributed by atoms with van der Waals surface area (Å²) >= 11 is 6.39. The number of halogens is 3. The second-order valence-corrected chi connectivity index (χ2v) is 5.58. The molecule has 23 heavy (non-hydrogen) atoms. The first-order chi connectivity index (χ1) is 10.3. The van der Waals surface area contributed by atoms with Crippen LogP contribution in [0.25, 0.3) is 10.9 Å². The molecule has 1 aliphatic heterocycles. The Kier molecular flexibility index (Phi) is 8.04. The number of aromatic nitrogens is 1. The molecule has 0 radical (unpaired) electrons. The lowest BCUT2D eigenvalue weighted by atomic mass is 10.0. The Labute approximate surface area is 153 Å². The second kappa shape index (κ2) is 9.27. The van der Waals surface area contributed by atoms with Crippen molar-refractivity contribution in [2.24, 2.45) is 0 Å². The molecule has 1 N–H and O–H groups in total. The van der Waals surface area contributed by atoms with Gasteiger partial charge in [-0.15, -0.1) is 24.8 Å². The Morgan fingerprint density at radius 1 is 1.26 bits per heavy atom. The number of hydrogen-bond acceptors (Lipinski definition) is 4. The molecule has 1 aromatic carbocycles. The average Bonchev–Trinajstić information content (AvgIpc) is 2.53. The van der Waals surface area contributed by atoms with E-state index >= 15 is 0 Å². The third kappa shape index (κ3) is 4.47. The van der Waals surface area contributed by atoms with Gasteiger partial charge in [0.25, 0.3) is 0 Å². The van der Waals surface area contributed by atoms with Gasteiger partial charge in [-0.3, -0.25) is 4.90 Å². The van der Waals surface area contributed by atoms with Crippen LogP contribution in [0.3, 0.4) is 0 Å². The number of nitrogens with one attached hydrogen (secondary N) is 1. The zero-order chi connectivity index (χ0) is 14.7. The predicted molar refractivity (Wildman–Crippen MR) is 98.7 cm³/mol. The molecule has 3 rings (SSSR count). The number of nitriles is 1. The van der Waals surface area contributed by atoms with Crippen molar-refractivity contribution in [1.29, 1.82) is 5.26 Å². The minimum atomic E-state index is 0. The van der Waals surface area contributed by atoms with E-state index in [1.807, 2.05) is 24.3 Å². The standard InChI is InChI=1S/C16H17ClN4.2ClH/c17-16-13(11-12-3-1-2-4-14(12)20-16)15(5-6-18)21-9-7-19-8-10-21;;/h1-4,11,15,19H,5,7-10H2;2*1H/t15-;;/m0../s1. The molecule has 7 heteroatoms.